The van der Waals surface area contributed by atoms with E-state index in [0.29, 0.717) is 33.8 Å². The summed E-state index contributed by atoms with van der Waals surface area (Å²) in [5.41, 5.74) is 1.80. The van der Waals surface area contributed by atoms with Crippen LogP contribution < -0.4 is 5.32 Å². The summed E-state index contributed by atoms with van der Waals surface area (Å²) in [5.74, 6) is -2.84. The number of benzene rings is 3. The number of rotatable bonds is 6. The highest BCUT2D eigenvalue weighted by molar-refractivity contribution is 6.30. The van der Waals surface area contributed by atoms with Gasteiger partial charge in [0.05, 0.1) is 0 Å². The highest BCUT2D eigenvalue weighted by Gasteiger charge is 2.21. The lowest BCUT2D eigenvalue weighted by molar-refractivity contribution is -0.116. The van der Waals surface area contributed by atoms with Crippen LogP contribution in [-0.2, 0) is 11.2 Å². The number of nitrogens with one attached hydrogen (secondary N) is 1. The monoisotopic (exact) mass is 417 g/mol. The molecule has 0 fully saturated rings. The normalized spacial score (nSPS) is 11.9. The van der Waals surface area contributed by atoms with Crippen LogP contribution in [0.1, 0.15) is 36.0 Å². The maximum Gasteiger partial charge on any atom is 0.225 e. The van der Waals surface area contributed by atoms with Gasteiger partial charge in [-0.2, -0.15) is 0 Å². The standard InChI is InChI=1S/C23H19ClF3NO/c1-2-19-21(27)4-3-5-22(19)28-23(29)13-20(14-6-8-16(24)9-7-14)15-10-17(25)12-18(26)11-15/h3-12,20H,2,13H2,1H3,(H,28,29)/t20-/m0/s1. The number of carbonyl (C=O) groups excluding carboxylic acids is 1. The molecule has 6 heteroatoms. The summed E-state index contributed by atoms with van der Waals surface area (Å²) < 4.78 is 41.6. The largest absolute Gasteiger partial charge is 0.326 e. The van der Waals surface area contributed by atoms with Crippen molar-refractivity contribution in [3.05, 3.63) is 99.8 Å². The van der Waals surface area contributed by atoms with Crippen molar-refractivity contribution >= 4 is 23.2 Å². The summed E-state index contributed by atoms with van der Waals surface area (Å²) in [6.07, 6.45) is 0.336. The van der Waals surface area contributed by atoms with Gasteiger partial charge in [-0.25, -0.2) is 13.2 Å². The summed E-state index contributed by atoms with van der Waals surface area (Å²) in [4.78, 5) is 12.7. The lowest BCUT2D eigenvalue weighted by atomic mass is 9.88. The van der Waals surface area contributed by atoms with Gasteiger partial charge < -0.3 is 5.32 Å². The van der Waals surface area contributed by atoms with E-state index in [9.17, 15) is 18.0 Å². The first-order valence-electron chi connectivity index (χ1n) is 9.16. The summed E-state index contributed by atoms with van der Waals surface area (Å²) in [6.45, 7) is 1.79. The minimum Gasteiger partial charge on any atom is -0.326 e. The molecule has 0 unspecified atom stereocenters. The van der Waals surface area contributed by atoms with Crippen molar-refractivity contribution < 1.29 is 18.0 Å². The van der Waals surface area contributed by atoms with E-state index in [1.165, 1.54) is 24.3 Å². The zero-order valence-corrected chi connectivity index (χ0v) is 16.4. The third-order valence-corrected chi connectivity index (χ3v) is 4.95. The molecule has 3 aromatic carbocycles. The number of carbonyl (C=O) groups is 1. The summed E-state index contributed by atoms with van der Waals surface area (Å²) in [5, 5.41) is 3.23. The Bertz CT molecular complexity index is 1000. The fraction of sp³-hybridized carbons (Fsp3) is 0.174. The van der Waals surface area contributed by atoms with Crippen LogP contribution in [0.4, 0.5) is 18.9 Å². The van der Waals surface area contributed by atoms with Gasteiger partial charge in [-0.15, -0.1) is 0 Å². The van der Waals surface area contributed by atoms with E-state index in [0.717, 1.165) is 6.07 Å². The van der Waals surface area contributed by atoms with Gasteiger partial charge in [-0.05, 0) is 53.9 Å². The minimum atomic E-state index is -0.724. The smallest absolute Gasteiger partial charge is 0.225 e. The molecule has 3 aromatic rings. The Labute approximate surface area is 172 Å². The van der Waals surface area contributed by atoms with E-state index in [2.05, 4.69) is 5.32 Å². The van der Waals surface area contributed by atoms with Gasteiger partial charge in [0, 0.05) is 34.7 Å². The van der Waals surface area contributed by atoms with Gasteiger partial charge >= 0.3 is 0 Å². The van der Waals surface area contributed by atoms with Crippen molar-refractivity contribution in [3.63, 3.8) is 0 Å². The first-order chi connectivity index (χ1) is 13.9. The molecule has 1 atom stereocenters. The second kappa shape index (κ2) is 9.14. The maximum absolute atomic E-state index is 14.0. The third kappa shape index (κ3) is 5.18. The highest BCUT2D eigenvalue weighted by atomic mass is 35.5. The second-order valence-electron chi connectivity index (χ2n) is 6.68. The van der Waals surface area contributed by atoms with Crippen LogP contribution in [0, 0.1) is 17.5 Å². The first-order valence-corrected chi connectivity index (χ1v) is 9.54. The molecule has 3 rings (SSSR count). The van der Waals surface area contributed by atoms with Crippen molar-refractivity contribution in [1.29, 1.82) is 0 Å². The number of amides is 1. The Hall–Kier alpha value is -2.79. The molecule has 0 aromatic heterocycles. The fourth-order valence-corrected chi connectivity index (χ4v) is 3.45. The van der Waals surface area contributed by atoms with Crippen LogP contribution >= 0.6 is 11.6 Å². The van der Waals surface area contributed by atoms with Crippen LogP contribution in [-0.4, -0.2) is 5.91 Å². The molecule has 2 nitrogen and oxygen atoms in total. The molecule has 1 N–H and O–H groups in total. The number of hydrogen-bond donors (Lipinski definition) is 1. The summed E-state index contributed by atoms with van der Waals surface area (Å²) in [7, 11) is 0. The van der Waals surface area contributed by atoms with Gasteiger partial charge in [0.1, 0.15) is 17.5 Å². The van der Waals surface area contributed by atoms with Crippen LogP contribution in [0.15, 0.2) is 60.7 Å². The van der Waals surface area contributed by atoms with Crippen molar-refractivity contribution in [1.82, 2.24) is 0 Å². The van der Waals surface area contributed by atoms with E-state index in [1.807, 2.05) is 0 Å². The van der Waals surface area contributed by atoms with Gasteiger partial charge in [0.15, 0.2) is 0 Å². The predicted molar refractivity (Wildman–Crippen MR) is 109 cm³/mol. The zero-order chi connectivity index (χ0) is 21.0. The van der Waals surface area contributed by atoms with Gasteiger partial charge in [0.2, 0.25) is 5.91 Å². The zero-order valence-electron chi connectivity index (χ0n) is 15.7. The molecule has 0 aliphatic heterocycles. The summed E-state index contributed by atoms with van der Waals surface area (Å²) >= 11 is 5.94. The lowest BCUT2D eigenvalue weighted by Crippen LogP contribution is -2.18. The van der Waals surface area contributed by atoms with E-state index in [-0.39, 0.29) is 6.42 Å². The van der Waals surface area contributed by atoms with E-state index in [1.54, 1.807) is 37.3 Å². The van der Waals surface area contributed by atoms with Crippen LogP contribution in [0.5, 0.6) is 0 Å². The second-order valence-corrected chi connectivity index (χ2v) is 7.12. The van der Waals surface area contributed by atoms with Crippen molar-refractivity contribution in [2.24, 2.45) is 0 Å². The van der Waals surface area contributed by atoms with Crippen LogP contribution in [0.2, 0.25) is 5.02 Å². The molecule has 0 aliphatic carbocycles. The quantitative estimate of drug-likeness (QED) is 0.488. The van der Waals surface area contributed by atoms with Crippen molar-refractivity contribution in [3.8, 4) is 0 Å². The maximum atomic E-state index is 14.0. The van der Waals surface area contributed by atoms with Gasteiger partial charge in [-0.1, -0.05) is 36.7 Å². The predicted octanol–water partition coefficient (Wildman–Crippen LogP) is 6.48. The van der Waals surface area contributed by atoms with E-state index in [4.69, 9.17) is 11.6 Å². The highest BCUT2D eigenvalue weighted by Crippen LogP contribution is 2.31. The van der Waals surface area contributed by atoms with E-state index < -0.39 is 29.3 Å². The van der Waals surface area contributed by atoms with Crippen LogP contribution in [0.3, 0.4) is 0 Å². The molecule has 29 heavy (non-hydrogen) atoms. The van der Waals surface area contributed by atoms with Crippen LogP contribution in [0.25, 0.3) is 0 Å². The number of halogens is 4. The molecule has 0 saturated heterocycles. The fourth-order valence-electron chi connectivity index (χ4n) is 3.32. The van der Waals surface area contributed by atoms with Crippen molar-refractivity contribution in [2.45, 2.75) is 25.7 Å². The Balaban J connectivity index is 1.92. The molecule has 0 radical (unpaired) electrons. The number of hydrogen-bond acceptors (Lipinski definition) is 1. The molecule has 0 heterocycles. The summed E-state index contributed by atoms with van der Waals surface area (Å²) in [6, 6.07) is 14.4. The lowest BCUT2D eigenvalue weighted by Gasteiger charge is -2.19. The molecular weight excluding hydrogens is 399 g/mol. The van der Waals surface area contributed by atoms with Crippen molar-refractivity contribution in [2.75, 3.05) is 5.32 Å². The molecule has 150 valence electrons. The Morgan fingerprint density at radius 2 is 1.62 bits per heavy atom. The average Bonchev–Trinajstić information content (AvgIpc) is 2.66. The van der Waals surface area contributed by atoms with Gasteiger partial charge in [0.25, 0.3) is 0 Å². The number of anilines is 1. The molecule has 0 saturated carbocycles. The van der Waals surface area contributed by atoms with Gasteiger partial charge in [-0.3, -0.25) is 4.79 Å². The Morgan fingerprint density at radius 3 is 2.24 bits per heavy atom. The molecule has 0 spiro atoms. The molecular formula is C23H19ClF3NO. The Morgan fingerprint density at radius 1 is 0.966 bits per heavy atom. The average molecular weight is 418 g/mol. The Kier molecular flexibility index (Phi) is 6.60. The first kappa shape index (κ1) is 20.9. The molecule has 0 aliphatic rings. The third-order valence-electron chi connectivity index (χ3n) is 4.70. The molecule has 1 amide bonds. The minimum absolute atomic E-state index is 0.0792. The SMILES string of the molecule is CCc1c(F)cccc1NC(=O)C[C@@H](c1ccc(Cl)cc1)c1cc(F)cc(F)c1. The topological polar surface area (TPSA) is 29.1 Å². The molecule has 0 bridgehead atoms. The van der Waals surface area contributed by atoms with E-state index >= 15 is 0 Å².